The van der Waals surface area contributed by atoms with Gasteiger partial charge >= 0.3 is 5.97 Å². The van der Waals surface area contributed by atoms with Crippen LogP contribution in [0.25, 0.3) is 10.4 Å². The fraction of sp³-hybridized carbons (Fsp3) is 0.182. The SMILES string of the molecule is [N-]=[N+]=NCC#Cc1ccc(Cl)cc1CC(=O)O. The Labute approximate surface area is 103 Å². The molecule has 1 aromatic carbocycles. The van der Waals surface area contributed by atoms with Gasteiger partial charge in [-0.05, 0) is 29.3 Å². The average molecular weight is 250 g/mol. The van der Waals surface area contributed by atoms with Crippen molar-refractivity contribution in [1.82, 2.24) is 0 Å². The highest BCUT2D eigenvalue weighted by molar-refractivity contribution is 6.30. The topological polar surface area (TPSA) is 86.1 Å². The van der Waals surface area contributed by atoms with Crippen LogP contribution in [-0.4, -0.2) is 17.6 Å². The van der Waals surface area contributed by atoms with E-state index >= 15 is 0 Å². The molecule has 1 aromatic rings. The van der Waals surface area contributed by atoms with Crippen molar-refractivity contribution >= 4 is 17.6 Å². The molecule has 6 heteroatoms. The summed E-state index contributed by atoms with van der Waals surface area (Å²) in [4.78, 5) is 13.2. The van der Waals surface area contributed by atoms with E-state index in [1.807, 2.05) is 0 Å². The van der Waals surface area contributed by atoms with E-state index in [-0.39, 0.29) is 13.0 Å². The monoisotopic (exact) mass is 249 g/mol. The van der Waals surface area contributed by atoms with Crippen LogP contribution in [-0.2, 0) is 11.2 Å². The summed E-state index contributed by atoms with van der Waals surface area (Å²) in [7, 11) is 0. The highest BCUT2D eigenvalue weighted by Crippen LogP contribution is 2.16. The van der Waals surface area contributed by atoms with Gasteiger partial charge in [0.2, 0.25) is 0 Å². The molecule has 5 nitrogen and oxygen atoms in total. The normalized spacial score (nSPS) is 8.76. The molecule has 0 atom stereocenters. The molecule has 0 aliphatic carbocycles. The molecule has 1 rings (SSSR count). The number of hydrogen-bond donors (Lipinski definition) is 1. The Hall–Kier alpha value is -2.15. The third-order valence-corrected chi connectivity index (χ3v) is 2.08. The Morgan fingerprint density at radius 3 is 3.00 bits per heavy atom. The second-order valence-corrected chi connectivity index (χ2v) is 3.50. The Bertz CT molecular complexity index is 539. The summed E-state index contributed by atoms with van der Waals surface area (Å²) in [5.74, 6) is 4.42. The van der Waals surface area contributed by atoms with E-state index in [0.29, 0.717) is 16.1 Å². The zero-order chi connectivity index (χ0) is 12.7. The van der Waals surface area contributed by atoms with Crippen LogP contribution in [0.2, 0.25) is 5.02 Å². The lowest BCUT2D eigenvalue weighted by Gasteiger charge is -2.01. The van der Waals surface area contributed by atoms with Gasteiger partial charge in [-0.1, -0.05) is 28.6 Å². The maximum Gasteiger partial charge on any atom is 0.307 e. The van der Waals surface area contributed by atoms with Gasteiger partial charge in [0.15, 0.2) is 0 Å². The molecule has 0 aliphatic heterocycles. The van der Waals surface area contributed by atoms with Gasteiger partial charge < -0.3 is 5.11 Å². The molecule has 0 amide bonds. The minimum Gasteiger partial charge on any atom is -0.481 e. The molecular weight excluding hydrogens is 242 g/mol. The summed E-state index contributed by atoms with van der Waals surface area (Å²) in [5.41, 5.74) is 9.18. The highest BCUT2D eigenvalue weighted by atomic mass is 35.5. The second-order valence-electron chi connectivity index (χ2n) is 3.06. The standard InChI is InChI=1S/C11H8ClN3O2/c12-10-4-3-8(2-1-5-14-15-13)9(6-10)7-11(16)17/h3-4,6H,5,7H2,(H,16,17). The van der Waals surface area contributed by atoms with Crippen molar-refractivity contribution in [2.45, 2.75) is 6.42 Å². The van der Waals surface area contributed by atoms with Crippen molar-refractivity contribution in [3.63, 3.8) is 0 Å². The molecule has 0 aromatic heterocycles. The molecule has 0 spiro atoms. The molecule has 86 valence electrons. The number of aliphatic carboxylic acids is 1. The minimum absolute atomic E-state index is 0.0473. The first-order chi connectivity index (χ1) is 8.13. The predicted octanol–water partition coefficient (Wildman–Crippen LogP) is 2.63. The summed E-state index contributed by atoms with van der Waals surface area (Å²) < 4.78 is 0. The first kappa shape index (κ1) is 12.9. The van der Waals surface area contributed by atoms with Crippen LogP contribution >= 0.6 is 11.6 Å². The summed E-state index contributed by atoms with van der Waals surface area (Å²) in [6.45, 7) is 0.0473. The van der Waals surface area contributed by atoms with Gasteiger partial charge in [-0.3, -0.25) is 4.79 Å². The fourth-order valence-electron chi connectivity index (χ4n) is 1.20. The Balaban J connectivity index is 2.99. The molecule has 0 unspecified atom stereocenters. The number of rotatable bonds is 3. The predicted molar refractivity (Wildman–Crippen MR) is 63.7 cm³/mol. The first-order valence-electron chi connectivity index (χ1n) is 4.63. The van der Waals surface area contributed by atoms with Gasteiger partial charge in [-0.2, -0.15) is 0 Å². The number of nitrogens with zero attached hydrogens (tertiary/aromatic N) is 3. The van der Waals surface area contributed by atoms with Crippen LogP contribution in [0.5, 0.6) is 0 Å². The van der Waals surface area contributed by atoms with E-state index in [4.69, 9.17) is 22.2 Å². The van der Waals surface area contributed by atoms with E-state index in [0.717, 1.165) is 0 Å². The van der Waals surface area contributed by atoms with E-state index in [1.54, 1.807) is 18.2 Å². The Kier molecular flexibility index (Phi) is 4.89. The van der Waals surface area contributed by atoms with Crippen LogP contribution in [0.4, 0.5) is 0 Å². The molecule has 0 radical (unpaired) electrons. The minimum atomic E-state index is -0.953. The van der Waals surface area contributed by atoms with Crippen LogP contribution in [0, 0.1) is 11.8 Å². The van der Waals surface area contributed by atoms with E-state index < -0.39 is 5.97 Å². The van der Waals surface area contributed by atoms with E-state index in [9.17, 15) is 4.79 Å². The number of halogens is 1. The fourth-order valence-corrected chi connectivity index (χ4v) is 1.39. The van der Waals surface area contributed by atoms with Gasteiger partial charge in [0.05, 0.1) is 13.0 Å². The van der Waals surface area contributed by atoms with Crippen molar-refractivity contribution in [2.75, 3.05) is 6.54 Å². The zero-order valence-electron chi connectivity index (χ0n) is 8.72. The number of hydrogen-bond acceptors (Lipinski definition) is 2. The molecule has 0 fully saturated rings. The quantitative estimate of drug-likeness (QED) is 0.386. The van der Waals surface area contributed by atoms with Crippen molar-refractivity contribution in [1.29, 1.82) is 0 Å². The van der Waals surface area contributed by atoms with Crippen LogP contribution in [0.3, 0.4) is 0 Å². The number of azide groups is 1. The highest BCUT2D eigenvalue weighted by Gasteiger charge is 2.05. The largest absolute Gasteiger partial charge is 0.481 e. The van der Waals surface area contributed by atoms with Crippen LogP contribution in [0.15, 0.2) is 23.3 Å². The lowest BCUT2D eigenvalue weighted by molar-refractivity contribution is -0.136. The van der Waals surface area contributed by atoms with Gasteiger partial charge in [-0.25, -0.2) is 0 Å². The van der Waals surface area contributed by atoms with Crippen molar-refractivity contribution in [2.24, 2.45) is 5.11 Å². The molecule has 0 bridgehead atoms. The van der Waals surface area contributed by atoms with Crippen LogP contribution < -0.4 is 0 Å². The lowest BCUT2D eigenvalue weighted by atomic mass is 10.1. The number of carboxylic acid groups (broad SMARTS) is 1. The molecule has 17 heavy (non-hydrogen) atoms. The van der Waals surface area contributed by atoms with Gasteiger partial charge in [-0.15, -0.1) is 0 Å². The molecule has 0 saturated heterocycles. The first-order valence-corrected chi connectivity index (χ1v) is 5.01. The van der Waals surface area contributed by atoms with Gasteiger partial charge in [0.25, 0.3) is 0 Å². The van der Waals surface area contributed by atoms with E-state index in [1.165, 1.54) is 0 Å². The second kappa shape index (κ2) is 6.44. The van der Waals surface area contributed by atoms with Crippen molar-refractivity contribution in [3.8, 4) is 11.8 Å². The molecule has 0 aliphatic rings. The summed E-state index contributed by atoms with van der Waals surface area (Å²) in [6, 6.07) is 4.83. The van der Waals surface area contributed by atoms with Crippen molar-refractivity contribution < 1.29 is 9.90 Å². The molecule has 0 heterocycles. The maximum absolute atomic E-state index is 10.7. The number of benzene rings is 1. The third kappa shape index (κ3) is 4.47. The van der Waals surface area contributed by atoms with Crippen molar-refractivity contribution in [3.05, 3.63) is 44.8 Å². The number of carboxylic acids is 1. The molecule has 0 saturated carbocycles. The maximum atomic E-state index is 10.7. The third-order valence-electron chi connectivity index (χ3n) is 1.85. The average Bonchev–Trinajstić information content (AvgIpc) is 2.26. The lowest BCUT2D eigenvalue weighted by Crippen LogP contribution is -2.02. The number of carbonyl (C=O) groups is 1. The molecular formula is C11H8ClN3O2. The smallest absolute Gasteiger partial charge is 0.307 e. The Morgan fingerprint density at radius 2 is 2.35 bits per heavy atom. The zero-order valence-corrected chi connectivity index (χ0v) is 9.48. The van der Waals surface area contributed by atoms with Gasteiger partial charge in [0, 0.05) is 15.5 Å². The summed E-state index contributed by atoms with van der Waals surface area (Å²) in [6.07, 6.45) is -0.147. The van der Waals surface area contributed by atoms with Gasteiger partial charge in [0.1, 0.15) is 0 Å². The molecule has 1 N–H and O–H groups in total. The summed E-state index contributed by atoms with van der Waals surface area (Å²) in [5, 5.41) is 12.5. The van der Waals surface area contributed by atoms with Crippen LogP contribution in [0.1, 0.15) is 11.1 Å². The van der Waals surface area contributed by atoms with E-state index in [2.05, 4.69) is 21.9 Å². The Morgan fingerprint density at radius 1 is 1.59 bits per heavy atom. The summed E-state index contributed by atoms with van der Waals surface area (Å²) >= 11 is 5.78.